The van der Waals surface area contributed by atoms with Gasteiger partial charge in [0.1, 0.15) is 0 Å². The van der Waals surface area contributed by atoms with Crippen LogP contribution in [0.25, 0.3) is 0 Å². The van der Waals surface area contributed by atoms with E-state index < -0.39 is 0 Å². The van der Waals surface area contributed by atoms with Crippen molar-refractivity contribution in [2.24, 2.45) is 0 Å². The second-order valence-corrected chi connectivity index (χ2v) is 5.66. The van der Waals surface area contributed by atoms with Gasteiger partial charge in [0.2, 0.25) is 0 Å². The fraction of sp³-hybridized carbons (Fsp3) is 0.333. The summed E-state index contributed by atoms with van der Waals surface area (Å²) >= 11 is 0. The Morgan fingerprint density at radius 1 is 1.00 bits per heavy atom. The summed E-state index contributed by atoms with van der Waals surface area (Å²) < 4.78 is 0. The van der Waals surface area contributed by atoms with Crippen molar-refractivity contribution < 1.29 is 0 Å². The smallest absolute Gasteiger partial charge is 0.0314 e. The summed E-state index contributed by atoms with van der Waals surface area (Å²) in [5, 5.41) is 0. The average molecular weight is 268 g/mol. The number of hydrogen-bond donors (Lipinski definition) is 1. The molecule has 2 N–H and O–H groups in total. The van der Waals surface area contributed by atoms with E-state index in [2.05, 4.69) is 56.1 Å². The topological polar surface area (TPSA) is 29.3 Å². The number of nitrogens with two attached hydrogens (primary N) is 1. The molecular formula is C18H24N2. The van der Waals surface area contributed by atoms with Crippen LogP contribution in [0.15, 0.2) is 42.5 Å². The van der Waals surface area contributed by atoms with Gasteiger partial charge < -0.3 is 10.6 Å². The van der Waals surface area contributed by atoms with Crippen molar-refractivity contribution in [1.29, 1.82) is 0 Å². The van der Waals surface area contributed by atoms with Crippen LogP contribution in [0.1, 0.15) is 22.3 Å². The molecule has 2 heteroatoms. The third kappa shape index (κ3) is 4.10. The Kier molecular flexibility index (Phi) is 4.80. The Labute approximate surface area is 122 Å². The van der Waals surface area contributed by atoms with E-state index >= 15 is 0 Å². The number of hydrogen-bond acceptors (Lipinski definition) is 2. The summed E-state index contributed by atoms with van der Waals surface area (Å²) in [7, 11) is 2.17. The van der Waals surface area contributed by atoms with Gasteiger partial charge in [0.15, 0.2) is 0 Å². The standard InChI is InChI=1S/C18H24N2/c1-14-4-5-15(2)17(12-14)10-11-20(3)13-16-6-8-18(19)9-7-16/h4-9,12H,10-11,13,19H2,1-3H3. The fourth-order valence-corrected chi connectivity index (χ4v) is 2.39. The zero-order valence-corrected chi connectivity index (χ0v) is 12.7. The Balaban J connectivity index is 1.90. The molecule has 2 aromatic rings. The van der Waals surface area contributed by atoms with Gasteiger partial charge in [-0.3, -0.25) is 0 Å². The van der Waals surface area contributed by atoms with Gasteiger partial charge in [-0.1, -0.05) is 35.9 Å². The summed E-state index contributed by atoms with van der Waals surface area (Å²) in [5.74, 6) is 0. The minimum atomic E-state index is 0.826. The fourth-order valence-electron chi connectivity index (χ4n) is 2.39. The Morgan fingerprint density at radius 3 is 2.40 bits per heavy atom. The first-order valence-electron chi connectivity index (χ1n) is 7.13. The van der Waals surface area contributed by atoms with Gasteiger partial charge in [0.25, 0.3) is 0 Å². The van der Waals surface area contributed by atoms with Crippen LogP contribution in [0.2, 0.25) is 0 Å². The van der Waals surface area contributed by atoms with Crippen LogP contribution in [0.3, 0.4) is 0 Å². The van der Waals surface area contributed by atoms with Crippen LogP contribution in [-0.2, 0) is 13.0 Å². The van der Waals surface area contributed by atoms with Gasteiger partial charge in [-0.2, -0.15) is 0 Å². The summed E-state index contributed by atoms with van der Waals surface area (Å²) in [4.78, 5) is 2.35. The number of likely N-dealkylation sites (N-methyl/N-ethyl adjacent to an activating group) is 1. The van der Waals surface area contributed by atoms with E-state index in [9.17, 15) is 0 Å². The van der Waals surface area contributed by atoms with Crippen molar-refractivity contribution in [1.82, 2.24) is 4.90 Å². The SMILES string of the molecule is Cc1ccc(C)c(CCN(C)Cc2ccc(N)cc2)c1. The lowest BCUT2D eigenvalue weighted by Gasteiger charge is -2.17. The highest BCUT2D eigenvalue weighted by atomic mass is 15.1. The lowest BCUT2D eigenvalue weighted by molar-refractivity contribution is 0.331. The molecule has 0 amide bonds. The number of rotatable bonds is 5. The third-order valence-corrected chi connectivity index (χ3v) is 3.70. The van der Waals surface area contributed by atoms with E-state index in [0.29, 0.717) is 0 Å². The van der Waals surface area contributed by atoms with E-state index in [4.69, 9.17) is 5.73 Å². The molecule has 0 saturated heterocycles. The first kappa shape index (κ1) is 14.6. The molecule has 0 spiro atoms. The van der Waals surface area contributed by atoms with Crippen molar-refractivity contribution in [3.8, 4) is 0 Å². The van der Waals surface area contributed by atoms with Crippen LogP contribution in [0.4, 0.5) is 5.69 Å². The second-order valence-electron chi connectivity index (χ2n) is 5.66. The quantitative estimate of drug-likeness (QED) is 0.840. The van der Waals surface area contributed by atoms with Crippen molar-refractivity contribution in [3.63, 3.8) is 0 Å². The van der Waals surface area contributed by atoms with Gasteiger partial charge >= 0.3 is 0 Å². The lowest BCUT2D eigenvalue weighted by atomic mass is 10.0. The van der Waals surface area contributed by atoms with Crippen LogP contribution in [0.5, 0.6) is 0 Å². The van der Waals surface area contributed by atoms with Crippen LogP contribution in [0, 0.1) is 13.8 Å². The molecule has 0 aliphatic carbocycles. The normalized spacial score (nSPS) is 11.0. The van der Waals surface area contributed by atoms with E-state index in [-0.39, 0.29) is 0 Å². The maximum atomic E-state index is 5.71. The lowest BCUT2D eigenvalue weighted by Crippen LogP contribution is -2.21. The maximum absolute atomic E-state index is 5.71. The molecule has 2 aromatic carbocycles. The van der Waals surface area contributed by atoms with Crippen molar-refractivity contribution in [2.75, 3.05) is 19.3 Å². The molecule has 0 saturated carbocycles. The highest BCUT2D eigenvalue weighted by Gasteiger charge is 2.03. The number of nitrogen functional groups attached to an aromatic ring is 1. The zero-order chi connectivity index (χ0) is 14.5. The van der Waals surface area contributed by atoms with Gasteiger partial charge in [0, 0.05) is 18.8 Å². The van der Waals surface area contributed by atoms with E-state index in [1.807, 2.05) is 12.1 Å². The highest BCUT2D eigenvalue weighted by molar-refractivity contribution is 5.39. The average Bonchev–Trinajstić information content (AvgIpc) is 2.42. The number of anilines is 1. The molecule has 0 aromatic heterocycles. The van der Waals surface area contributed by atoms with Gasteiger partial charge in [0.05, 0.1) is 0 Å². The van der Waals surface area contributed by atoms with Gasteiger partial charge in [-0.25, -0.2) is 0 Å². The van der Waals surface area contributed by atoms with Gasteiger partial charge in [-0.15, -0.1) is 0 Å². The predicted molar refractivity (Wildman–Crippen MR) is 86.8 cm³/mol. The van der Waals surface area contributed by atoms with Crippen LogP contribution < -0.4 is 5.73 Å². The van der Waals surface area contributed by atoms with E-state index in [1.54, 1.807) is 0 Å². The van der Waals surface area contributed by atoms with Crippen molar-refractivity contribution in [3.05, 3.63) is 64.7 Å². The second kappa shape index (κ2) is 6.58. The monoisotopic (exact) mass is 268 g/mol. The van der Waals surface area contributed by atoms with Crippen LogP contribution in [-0.4, -0.2) is 18.5 Å². The summed E-state index contributed by atoms with van der Waals surface area (Å²) in [5.41, 5.74) is 12.0. The molecule has 2 nitrogen and oxygen atoms in total. The molecule has 2 rings (SSSR count). The molecule has 0 bridgehead atoms. The molecule has 0 fully saturated rings. The first-order chi connectivity index (χ1) is 9.54. The first-order valence-corrected chi connectivity index (χ1v) is 7.13. The zero-order valence-electron chi connectivity index (χ0n) is 12.7. The van der Waals surface area contributed by atoms with Gasteiger partial charge in [-0.05, 0) is 56.1 Å². The number of nitrogens with zero attached hydrogens (tertiary/aromatic N) is 1. The minimum Gasteiger partial charge on any atom is -0.399 e. The molecule has 0 heterocycles. The van der Waals surface area contributed by atoms with Crippen molar-refractivity contribution in [2.45, 2.75) is 26.8 Å². The minimum absolute atomic E-state index is 0.826. The Hall–Kier alpha value is -1.80. The molecule has 0 aliphatic heterocycles. The molecular weight excluding hydrogens is 244 g/mol. The molecule has 20 heavy (non-hydrogen) atoms. The molecule has 0 unspecified atom stereocenters. The van der Waals surface area contributed by atoms with Crippen LogP contribution >= 0.6 is 0 Å². The summed E-state index contributed by atoms with van der Waals surface area (Å²) in [6, 6.07) is 14.8. The van der Waals surface area contributed by atoms with E-state index in [1.165, 1.54) is 22.3 Å². The molecule has 0 atom stereocenters. The molecule has 106 valence electrons. The maximum Gasteiger partial charge on any atom is 0.0314 e. The summed E-state index contributed by atoms with van der Waals surface area (Å²) in [6.07, 6.45) is 1.10. The number of benzene rings is 2. The molecule has 0 radical (unpaired) electrons. The summed E-state index contributed by atoms with van der Waals surface area (Å²) in [6.45, 7) is 6.37. The Morgan fingerprint density at radius 2 is 1.70 bits per heavy atom. The third-order valence-electron chi connectivity index (χ3n) is 3.70. The highest BCUT2D eigenvalue weighted by Crippen LogP contribution is 2.13. The molecule has 0 aliphatic rings. The van der Waals surface area contributed by atoms with E-state index in [0.717, 1.165) is 25.2 Å². The Bertz CT molecular complexity index is 558. The number of aryl methyl sites for hydroxylation is 2. The predicted octanol–water partition coefficient (Wildman–Crippen LogP) is 3.56. The van der Waals surface area contributed by atoms with Crippen molar-refractivity contribution >= 4 is 5.69 Å². The largest absolute Gasteiger partial charge is 0.399 e.